The van der Waals surface area contributed by atoms with Crippen molar-refractivity contribution in [3.8, 4) is 0 Å². The van der Waals surface area contributed by atoms with Gasteiger partial charge < -0.3 is 11.5 Å². The molecule has 1 heterocycles. The second-order valence-electron chi connectivity index (χ2n) is 5.89. The van der Waals surface area contributed by atoms with Crippen molar-refractivity contribution in [2.75, 3.05) is 5.75 Å². The smallest absolute Gasteiger partial charge is 0.292 e. The van der Waals surface area contributed by atoms with Crippen molar-refractivity contribution in [1.82, 2.24) is 8.95 Å². The molecular weight excluding hydrogens is 386 g/mol. The van der Waals surface area contributed by atoms with Gasteiger partial charge in [0.15, 0.2) is 14.2 Å². The molecule has 13 heteroatoms. The number of amidine groups is 1. The third-order valence-corrected chi connectivity index (χ3v) is 9.01. The van der Waals surface area contributed by atoms with E-state index >= 15 is 0 Å². The first-order valence-electron chi connectivity index (χ1n) is 6.93. The zero-order valence-electron chi connectivity index (χ0n) is 13.8. The summed E-state index contributed by atoms with van der Waals surface area (Å²) in [5.74, 6) is 1.21. The highest BCUT2D eigenvalue weighted by molar-refractivity contribution is 7.98. The molecule has 0 amide bonds. The topological polar surface area (TPSA) is 165 Å². The normalized spacial score (nSPS) is 12.0. The van der Waals surface area contributed by atoms with Gasteiger partial charge in [-0.2, -0.15) is 25.2 Å². The van der Waals surface area contributed by atoms with Crippen molar-refractivity contribution in [2.45, 2.75) is 31.8 Å². The Bertz CT molecular complexity index is 707. The first kappa shape index (κ1) is 20.9. The van der Waals surface area contributed by atoms with E-state index in [0.717, 1.165) is 9.66 Å². The standard InChI is InChI=1S/C11H23N7O2S3Si/c1-24(2,3)18(23(15,19)20)9(12)4-5-21-6-8-7-22-11(16-8)17-10(13)14/h7,12H,4-6H2,1-3H3,(H2,15,19,20)(H4,13,14,16,17). The van der Waals surface area contributed by atoms with Crippen LogP contribution in [0.3, 0.4) is 0 Å². The molecule has 0 radical (unpaired) electrons. The molecule has 0 saturated carbocycles. The number of nitrogens with two attached hydrogens (primary N) is 3. The number of thiazole rings is 1. The van der Waals surface area contributed by atoms with Gasteiger partial charge in [-0.15, -0.1) is 11.3 Å². The van der Waals surface area contributed by atoms with Gasteiger partial charge in [-0.3, -0.25) is 9.38 Å². The van der Waals surface area contributed by atoms with Crippen LogP contribution in [-0.2, 0) is 16.0 Å². The third-order valence-electron chi connectivity index (χ3n) is 2.61. The molecule has 0 aliphatic heterocycles. The Morgan fingerprint density at radius 1 is 1.46 bits per heavy atom. The summed E-state index contributed by atoms with van der Waals surface area (Å²) < 4.78 is 24.5. The second-order valence-corrected chi connectivity index (χ2v) is 14.3. The Kier molecular flexibility index (Phi) is 7.21. The fraction of sp³-hybridized carbons (Fsp3) is 0.545. The summed E-state index contributed by atoms with van der Waals surface area (Å²) in [6, 6.07) is 0. The van der Waals surface area contributed by atoms with Gasteiger partial charge in [0.2, 0.25) is 5.13 Å². The van der Waals surface area contributed by atoms with Gasteiger partial charge in [-0.25, -0.2) is 10.1 Å². The Hall–Kier alpha value is -1.15. The lowest BCUT2D eigenvalue weighted by Crippen LogP contribution is -2.55. The molecule has 7 N–H and O–H groups in total. The summed E-state index contributed by atoms with van der Waals surface area (Å²) in [6.07, 6.45) is 0.316. The molecule has 1 rings (SSSR count). The van der Waals surface area contributed by atoms with E-state index in [-0.39, 0.29) is 11.8 Å². The summed E-state index contributed by atoms with van der Waals surface area (Å²) in [5, 5.41) is 15.7. The average molecular weight is 410 g/mol. The monoisotopic (exact) mass is 409 g/mol. The number of guanidine groups is 1. The molecule has 24 heavy (non-hydrogen) atoms. The fourth-order valence-corrected chi connectivity index (χ4v) is 7.94. The number of aliphatic imine (C=N–C) groups is 1. The third kappa shape index (κ3) is 6.76. The molecule has 0 bridgehead atoms. The number of aromatic nitrogens is 1. The molecule has 0 aliphatic carbocycles. The fourth-order valence-electron chi connectivity index (χ4n) is 1.91. The van der Waals surface area contributed by atoms with E-state index in [1.54, 1.807) is 11.8 Å². The molecular formula is C11H23N7O2S3Si. The van der Waals surface area contributed by atoms with Gasteiger partial charge in [-0.05, 0) is 0 Å². The lowest BCUT2D eigenvalue weighted by Gasteiger charge is -2.33. The first-order chi connectivity index (χ1) is 10.9. The van der Waals surface area contributed by atoms with Crippen molar-refractivity contribution in [1.29, 1.82) is 5.41 Å². The molecule has 0 aliphatic rings. The van der Waals surface area contributed by atoms with Gasteiger partial charge in [0.05, 0.1) is 5.69 Å². The van der Waals surface area contributed by atoms with Crippen LogP contribution in [-0.4, -0.2) is 43.2 Å². The predicted octanol–water partition coefficient (Wildman–Crippen LogP) is 0.989. The molecule has 0 saturated heterocycles. The quantitative estimate of drug-likeness (QED) is 0.216. The maximum atomic E-state index is 11.7. The van der Waals surface area contributed by atoms with Crippen LogP contribution >= 0.6 is 23.1 Å². The first-order valence-corrected chi connectivity index (χ1v) is 13.9. The van der Waals surface area contributed by atoms with Crippen molar-refractivity contribution in [2.24, 2.45) is 21.6 Å². The minimum absolute atomic E-state index is 0.0311. The van der Waals surface area contributed by atoms with Gasteiger partial charge in [0.25, 0.3) is 10.2 Å². The summed E-state index contributed by atoms with van der Waals surface area (Å²) in [6.45, 7) is 5.50. The molecule has 0 atom stereocenters. The van der Waals surface area contributed by atoms with Crippen LogP contribution in [0.5, 0.6) is 0 Å². The average Bonchev–Trinajstić information content (AvgIpc) is 2.77. The highest BCUT2D eigenvalue weighted by Gasteiger charge is 2.33. The highest BCUT2D eigenvalue weighted by atomic mass is 32.2. The van der Waals surface area contributed by atoms with E-state index < -0.39 is 18.4 Å². The summed E-state index contributed by atoms with van der Waals surface area (Å²) in [7, 11) is -6.19. The zero-order valence-corrected chi connectivity index (χ0v) is 17.3. The van der Waals surface area contributed by atoms with Crippen LogP contribution in [0.2, 0.25) is 19.6 Å². The molecule has 0 aromatic carbocycles. The largest absolute Gasteiger partial charge is 0.370 e. The Morgan fingerprint density at radius 2 is 2.08 bits per heavy atom. The Labute approximate surface area is 151 Å². The van der Waals surface area contributed by atoms with Crippen molar-refractivity contribution < 1.29 is 8.42 Å². The van der Waals surface area contributed by atoms with E-state index in [2.05, 4.69) is 9.98 Å². The lowest BCUT2D eigenvalue weighted by molar-refractivity contribution is 0.571. The van der Waals surface area contributed by atoms with Crippen LogP contribution in [0, 0.1) is 5.41 Å². The molecule has 1 aromatic heterocycles. The van der Waals surface area contributed by atoms with Crippen LogP contribution in [0.4, 0.5) is 5.13 Å². The predicted molar refractivity (Wildman–Crippen MR) is 104 cm³/mol. The van der Waals surface area contributed by atoms with E-state index in [1.807, 2.05) is 25.0 Å². The van der Waals surface area contributed by atoms with Gasteiger partial charge in [0, 0.05) is 23.3 Å². The molecule has 9 nitrogen and oxygen atoms in total. The van der Waals surface area contributed by atoms with Crippen LogP contribution in [0.25, 0.3) is 0 Å². The SMILES string of the molecule is C[Si](C)(C)N(C(=N)CCSCc1csc(N=C(N)N)n1)S(N)(=O)=O. The number of nitrogens with one attached hydrogen (secondary N) is 1. The van der Waals surface area contributed by atoms with Crippen LogP contribution in [0.1, 0.15) is 12.1 Å². The minimum atomic E-state index is -3.91. The van der Waals surface area contributed by atoms with E-state index in [1.165, 1.54) is 11.3 Å². The van der Waals surface area contributed by atoms with Gasteiger partial charge >= 0.3 is 0 Å². The molecule has 0 spiro atoms. The highest BCUT2D eigenvalue weighted by Crippen LogP contribution is 2.22. The zero-order chi connectivity index (χ0) is 18.5. The maximum absolute atomic E-state index is 11.7. The lowest BCUT2D eigenvalue weighted by atomic mass is 10.5. The summed E-state index contributed by atoms with van der Waals surface area (Å²) in [4.78, 5) is 8.13. The number of hydrogen-bond donors (Lipinski definition) is 4. The van der Waals surface area contributed by atoms with Crippen LogP contribution < -0.4 is 16.6 Å². The van der Waals surface area contributed by atoms with Crippen molar-refractivity contribution in [3.63, 3.8) is 0 Å². The molecule has 0 unspecified atom stereocenters. The van der Waals surface area contributed by atoms with E-state index in [4.69, 9.17) is 22.0 Å². The number of hydrogen-bond acceptors (Lipinski definition) is 7. The molecule has 0 fully saturated rings. The van der Waals surface area contributed by atoms with Crippen LogP contribution in [0.15, 0.2) is 10.4 Å². The number of thioether (sulfide) groups is 1. The second kappa shape index (κ2) is 8.29. The van der Waals surface area contributed by atoms with Gasteiger partial charge in [0.1, 0.15) is 5.84 Å². The number of nitrogens with zero attached hydrogens (tertiary/aromatic N) is 3. The summed E-state index contributed by atoms with van der Waals surface area (Å²) in [5.41, 5.74) is 11.4. The maximum Gasteiger partial charge on any atom is 0.292 e. The van der Waals surface area contributed by atoms with E-state index in [0.29, 0.717) is 23.1 Å². The molecule has 1 aromatic rings. The van der Waals surface area contributed by atoms with E-state index in [9.17, 15) is 8.42 Å². The summed E-state index contributed by atoms with van der Waals surface area (Å²) >= 11 is 2.89. The Morgan fingerprint density at radius 3 is 2.58 bits per heavy atom. The van der Waals surface area contributed by atoms with Gasteiger partial charge in [-0.1, -0.05) is 19.6 Å². The van der Waals surface area contributed by atoms with Crippen molar-refractivity contribution >= 4 is 58.5 Å². The number of rotatable bonds is 8. The Balaban J connectivity index is 2.53. The van der Waals surface area contributed by atoms with Crippen molar-refractivity contribution in [3.05, 3.63) is 11.1 Å². The molecule has 136 valence electrons. The minimum Gasteiger partial charge on any atom is -0.370 e.